The average Bonchev–Trinajstić information content (AvgIpc) is 2.48. The van der Waals surface area contributed by atoms with Gasteiger partial charge in [-0.2, -0.15) is 4.31 Å². The molecule has 0 aliphatic carbocycles. The van der Waals surface area contributed by atoms with Crippen molar-refractivity contribution in [2.24, 2.45) is 11.7 Å². The van der Waals surface area contributed by atoms with E-state index in [0.717, 1.165) is 12.8 Å². The lowest BCUT2D eigenvalue weighted by atomic mass is 10.0. The Bertz CT molecular complexity index is 528. The number of hydrogen-bond donors (Lipinski definition) is 1. The molecule has 2 N–H and O–H groups in total. The highest BCUT2D eigenvalue weighted by Gasteiger charge is 2.29. The molecule has 6 heteroatoms. The van der Waals surface area contributed by atoms with Crippen molar-refractivity contribution in [2.75, 3.05) is 26.2 Å². The molecule has 20 heavy (non-hydrogen) atoms. The van der Waals surface area contributed by atoms with Gasteiger partial charge in [-0.15, -0.1) is 0 Å². The first-order valence-corrected chi connectivity index (χ1v) is 8.45. The van der Waals surface area contributed by atoms with E-state index in [1.54, 1.807) is 28.6 Å². The summed E-state index contributed by atoms with van der Waals surface area (Å²) in [4.78, 5) is 0.318. The predicted molar refractivity (Wildman–Crippen MR) is 78.1 cm³/mol. The summed E-state index contributed by atoms with van der Waals surface area (Å²) in [6.45, 7) is 4.09. The van der Waals surface area contributed by atoms with Crippen LogP contribution in [0.5, 0.6) is 5.75 Å². The minimum absolute atomic E-state index is 0.265. The van der Waals surface area contributed by atoms with Crippen LogP contribution in [0.15, 0.2) is 29.2 Å². The maximum Gasteiger partial charge on any atom is 0.243 e. The van der Waals surface area contributed by atoms with Crippen molar-refractivity contribution in [1.82, 2.24) is 4.31 Å². The minimum atomic E-state index is -3.41. The zero-order valence-electron chi connectivity index (χ0n) is 11.8. The molecule has 1 fully saturated rings. The molecule has 1 aliphatic heterocycles. The summed E-state index contributed by atoms with van der Waals surface area (Å²) in [7, 11) is -3.41. The van der Waals surface area contributed by atoms with Crippen LogP contribution in [0.1, 0.15) is 19.8 Å². The summed E-state index contributed by atoms with van der Waals surface area (Å²) < 4.78 is 32.0. The van der Waals surface area contributed by atoms with Gasteiger partial charge >= 0.3 is 0 Å². The molecule has 0 aromatic heterocycles. The molecule has 0 spiro atoms. The third kappa shape index (κ3) is 3.31. The largest absolute Gasteiger partial charge is 0.494 e. The molecule has 1 aromatic rings. The fourth-order valence-corrected chi connectivity index (χ4v) is 4.02. The van der Waals surface area contributed by atoms with Gasteiger partial charge in [0.2, 0.25) is 10.0 Å². The van der Waals surface area contributed by atoms with Gasteiger partial charge in [-0.05, 0) is 56.5 Å². The molecule has 0 radical (unpaired) electrons. The molecular formula is C14H22N2O3S. The molecular weight excluding hydrogens is 276 g/mol. The van der Waals surface area contributed by atoms with Crippen LogP contribution in [0.25, 0.3) is 0 Å². The summed E-state index contributed by atoms with van der Waals surface area (Å²) in [5.41, 5.74) is 5.66. The van der Waals surface area contributed by atoms with Crippen LogP contribution in [0.3, 0.4) is 0 Å². The Labute approximate surface area is 120 Å². The van der Waals surface area contributed by atoms with Crippen LogP contribution < -0.4 is 10.5 Å². The standard InChI is InChI=1S/C14H22N2O3S/c1-2-19-13-5-7-14(8-6-13)20(17,18)16-9-3-4-12(10-15)11-16/h5-8,12H,2-4,9-11,15H2,1H3. The van der Waals surface area contributed by atoms with E-state index in [0.29, 0.717) is 36.9 Å². The maximum atomic E-state index is 12.6. The average molecular weight is 298 g/mol. The van der Waals surface area contributed by atoms with Gasteiger partial charge in [0.15, 0.2) is 0 Å². The van der Waals surface area contributed by atoms with Gasteiger partial charge in [0, 0.05) is 13.1 Å². The first kappa shape index (κ1) is 15.3. The van der Waals surface area contributed by atoms with Gasteiger partial charge in [-0.1, -0.05) is 0 Å². The lowest BCUT2D eigenvalue weighted by Crippen LogP contribution is -2.41. The maximum absolute atomic E-state index is 12.6. The zero-order valence-corrected chi connectivity index (χ0v) is 12.6. The van der Waals surface area contributed by atoms with E-state index in [9.17, 15) is 8.42 Å². The van der Waals surface area contributed by atoms with Crippen LogP contribution in [0.2, 0.25) is 0 Å². The van der Waals surface area contributed by atoms with E-state index in [-0.39, 0.29) is 5.92 Å². The molecule has 1 saturated heterocycles. The predicted octanol–water partition coefficient (Wildman–Crippen LogP) is 1.44. The van der Waals surface area contributed by atoms with E-state index >= 15 is 0 Å². The zero-order chi connectivity index (χ0) is 14.6. The van der Waals surface area contributed by atoms with Crippen molar-refractivity contribution in [2.45, 2.75) is 24.7 Å². The van der Waals surface area contributed by atoms with Gasteiger partial charge in [0.05, 0.1) is 11.5 Å². The summed E-state index contributed by atoms with van der Waals surface area (Å²) in [5.74, 6) is 0.950. The number of hydrogen-bond acceptors (Lipinski definition) is 4. The van der Waals surface area contributed by atoms with E-state index in [4.69, 9.17) is 10.5 Å². The van der Waals surface area contributed by atoms with Gasteiger partial charge in [0.25, 0.3) is 0 Å². The molecule has 0 saturated carbocycles. The SMILES string of the molecule is CCOc1ccc(S(=O)(=O)N2CCCC(CN)C2)cc1. The third-order valence-corrected chi connectivity index (χ3v) is 5.47. The molecule has 112 valence electrons. The Morgan fingerprint density at radius 3 is 2.65 bits per heavy atom. The second-order valence-electron chi connectivity index (χ2n) is 5.01. The molecule has 1 heterocycles. The van der Waals surface area contributed by atoms with E-state index in [1.807, 2.05) is 6.92 Å². The Balaban J connectivity index is 2.16. The van der Waals surface area contributed by atoms with Crippen molar-refractivity contribution in [1.29, 1.82) is 0 Å². The first-order chi connectivity index (χ1) is 9.57. The molecule has 1 atom stereocenters. The number of rotatable bonds is 5. The van der Waals surface area contributed by atoms with Gasteiger partial charge in [0.1, 0.15) is 5.75 Å². The van der Waals surface area contributed by atoms with Crippen LogP contribution in [-0.2, 0) is 10.0 Å². The van der Waals surface area contributed by atoms with Crippen molar-refractivity contribution in [3.63, 3.8) is 0 Å². The fourth-order valence-electron chi connectivity index (χ4n) is 2.46. The lowest BCUT2D eigenvalue weighted by Gasteiger charge is -2.31. The molecule has 1 aromatic carbocycles. The Hall–Kier alpha value is -1.11. The van der Waals surface area contributed by atoms with Gasteiger partial charge in [-0.25, -0.2) is 8.42 Å². The number of ether oxygens (including phenoxy) is 1. The fraction of sp³-hybridized carbons (Fsp3) is 0.571. The second-order valence-corrected chi connectivity index (χ2v) is 6.95. The first-order valence-electron chi connectivity index (χ1n) is 7.01. The monoisotopic (exact) mass is 298 g/mol. The number of sulfonamides is 1. The highest BCUT2D eigenvalue weighted by molar-refractivity contribution is 7.89. The number of nitrogens with two attached hydrogens (primary N) is 1. The molecule has 2 rings (SSSR count). The lowest BCUT2D eigenvalue weighted by molar-refractivity contribution is 0.271. The van der Waals surface area contributed by atoms with Crippen LogP contribution in [0.4, 0.5) is 0 Å². The van der Waals surface area contributed by atoms with Crippen molar-refractivity contribution >= 4 is 10.0 Å². The van der Waals surface area contributed by atoms with E-state index in [1.165, 1.54) is 0 Å². The number of nitrogens with zero attached hydrogens (tertiary/aromatic N) is 1. The molecule has 0 amide bonds. The van der Waals surface area contributed by atoms with Crippen LogP contribution >= 0.6 is 0 Å². The summed E-state index contributed by atoms with van der Waals surface area (Å²) >= 11 is 0. The van der Waals surface area contributed by atoms with Crippen LogP contribution in [-0.4, -0.2) is 39.0 Å². The molecule has 1 unspecified atom stereocenters. The summed E-state index contributed by atoms with van der Waals surface area (Å²) in [6.07, 6.45) is 1.88. The van der Waals surface area contributed by atoms with Crippen molar-refractivity contribution in [3.05, 3.63) is 24.3 Å². The number of piperidine rings is 1. The second kappa shape index (κ2) is 6.56. The minimum Gasteiger partial charge on any atom is -0.494 e. The van der Waals surface area contributed by atoms with Crippen LogP contribution in [0, 0.1) is 5.92 Å². The Kier molecular flexibility index (Phi) is 5.01. The Morgan fingerprint density at radius 1 is 1.35 bits per heavy atom. The third-order valence-electron chi connectivity index (χ3n) is 3.59. The Morgan fingerprint density at radius 2 is 2.05 bits per heavy atom. The highest BCUT2D eigenvalue weighted by Crippen LogP contribution is 2.24. The quantitative estimate of drug-likeness (QED) is 0.893. The normalized spacial score (nSPS) is 20.8. The molecule has 0 bridgehead atoms. The van der Waals surface area contributed by atoms with Crippen molar-refractivity contribution in [3.8, 4) is 5.75 Å². The van der Waals surface area contributed by atoms with Gasteiger partial charge < -0.3 is 10.5 Å². The van der Waals surface area contributed by atoms with E-state index < -0.39 is 10.0 Å². The topological polar surface area (TPSA) is 72.6 Å². The smallest absolute Gasteiger partial charge is 0.243 e. The van der Waals surface area contributed by atoms with Gasteiger partial charge in [-0.3, -0.25) is 0 Å². The molecule has 5 nitrogen and oxygen atoms in total. The van der Waals surface area contributed by atoms with Crippen molar-refractivity contribution < 1.29 is 13.2 Å². The highest BCUT2D eigenvalue weighted by atomic mass is 32.2. The number of benzene rings is 1. The summed E-state index contributed by atoms with van der Waals surface area (Å²) in [5, 5.41) is 0. The van der Waals surface area contributed by atoms with E-state index in [2.05, 4.69) is 0 Å². The summed E-state index contributed by atoms with van der Waals surface area (Å²) in [6, 6.07) is 6.60. The molecule has 1 aliphatic rings.